The predicted molar refractivity (Wildman–Crippen MR) is 63.7 cm³/mol. The van der Waals surface area contributed by atoms with Gasteiger partial charge in [-0.15, -0.1) is 16.4 Å². The van der Waals surface area contributed by atoms with Crippen LogP contribution in [0.5, 0.6) is 0 Å². The Morgan fingerprint density at radius 2 is 2.38 bits per heavy atom. The van der Waals surface area contributed by atoms with Gasteiger partial charge in [0.15, 0.2) is 5.82 Å². The van der Waals surface area contributed by atoms with Crippen LogP contribution in [0.2, 0.25) is 4.34 Å². The molecule has 7 heteroatoms. The maximum absolute atomic E-state index is 5.88. The summed E-state index contributed by atoms with van der Waals surface area (Å²) in [5.41, 5.74) is 0. The molecule has 5 nitrogen and oxygen atoms in total. The van der Waals surface area contributed by atoms with Crippen LogP contribution in [-0.2, 0) is 6.54 Å². The normalized spacial score (nSPS) is 12.9. The summed E-state index contributed by atoms with van der Waals surface area (Å²) < 4.78 is 2.56. The van der Waals surface area contributed by atoms with Crippen molar-refractivity contribution >= 4 is 22.9 Å². The molecule has 0 amide bonds. The standard InChI is InChI=1S/C9H12ClN5S/c1-6(11-2)9-12-13-14-15(9)5-7-3-4-8(10)16-7/h3-4,6,11H,5H2,1-2H3. The first-order valence-corrected chi connectivity index (χ1v) is 6.07. The number of hydrogen-bond acceptors (Lipinski definition) is 5. The number of hydrogen-bond donors (Lipinski definition) is 1. The molecule has 2 rings (SSSR count). The second kappa shape index (κ2) is 4.90. The van der Waals surface area contributed by atoms with E-state index in [1.165, 1.54) is 0 Å². The molecule has 0 saturated heterocycles. The molecule has 0 aliphatic heterocycles. The van der Waals surface area contributed by atoms with E-state index in [9.17, 15) is 0 Å². The highest BCUT2D eigenvalue weighted by Gasteiger charge is 2.13. The van der Waals surface area contributed by atoms with Crippen LogP contribution in [0.25, 0.3) is 0 Å². The van der Waals surface area contributed by atoms with Crippen LogP contribution in [0.15, 0.2) is 12.1 Å². The zero-order valence-corrected chi connectivity index (χ0v) is 10.6. The number of nitrogens with one attached hydrogen (secondary N) is 1. The van der Waals surface area contributed by atoms with Gasteiger partial charge in [-0.25, -0.2) is 4.68 Å². The third-order valence-corrected chi connectivity index (χ3v) is 3.53. The number of tetrazole rings is 1. The van der Waals surface area contributed by atoms with E-state index in [1.807, 2.05) is 26.1 Å². The number of nitrogens with zero attached hydrogens (tertiary/aromatic N) is 4. The van der Waals surface area contributed by atoms with Crippen molar-refractivity contribution in [3.8, 4) is 0 Å². The maximum atomic E-state index is 5.88. The van der Waals surface area contributed by atoms with Crippen molar-refractivity contribution in [1.29, 1.82) is 0 Å². The minimum absolute atomic E-state index is 0.130. The van der Waals surface area contributed by atoms with Crippen LogP contribution in [0.1, 0.15) is 23.7 Å². The molecule has 1 unspecified atom stereocenters. The zero-order chi connectivity index (χ0) is 11.5. The molecular formula is C9H12ClN5S. The molecule has 86 valence electrons. The average molecular weight is 258 g/mol. The van der Waals surface area contributed by atoms with E-state index in [4.69, 9.17) is 11.6 Å². The van der Waals surface area contributed by atoms with E-state index >= 15 is 0 Å². The average Bonchev–Trinajstić information content (AvgIpc) is 2.87. The van der Waals surface area contributed by atoms with Gasteiger partial charge in [-0.05, 0) is 36.5 Å². The van der Waals surface area contributed by atoms with Crippen LogP contribution in [-0.4, -0.2) is 27.3 Å². The Labute approximate surface area is 102 Å². The van der Waals surface area contributed by atoms with Crippen LogP contribution >= 0.6 is 22.9 Å². The van der Waals surface area contributed by atoms with Crippen molar-refractivity contribution in [2.75, 3.05) is 7.05 Å². The Morgan fingerprint density at radius 3 is 3.00 bits per heavy atom. The first kappa shape index (κ1) is 11.5. The molecule has 0 aliphatic carbocycles. The monoisotopic (exact) mass is 257 g/mol. The summed E-state index contributed by atoms with van der Waals surface area (Å²) in [6.45, 7) is 2.68. The van der Waals surface area contributed by atoms with Crippen molar-refractivity contribution in [2.24, 2.45) is 0 Å². The lowest BCUT2D eigenvalue weighted by Gasteiger charge is -2.09. The number of thiophene rings is 1. The molecule has 1 atom stereocenters. The van der Waals surface area contributed by atoms with Crippen LogP contribution in [0, 0.1) is 0 Å². The third kappa shape index (κ3) is 2.40. The Hall–Kier alpha value is -0.980. The Morgan fingerprint density at radius 1 is 1.56 bits per heavy atom. The van der Waals surface area contributed by atoms with E-state index in [1.54, 1.807) is 16.0 Å². The molecule has 2 aromatic heterocycles. The summed E-state index contributed by atoms with van der Waals surface area (Å²) in [6, 6.07) is 4.00. The van der Waals surface area contributed by atoms with Gasteiger partial charge in [-0.3, -0.25) is 0 Å². The minimum Gasteiger partial charge on any atom is -0.311 e. The summed E-state index contributed by atoms with van der Waals surface area (Å²) >= 11 is 7.42. The van der Waals surface area contributed by atoms with Gasteiger partial charge >= 0.3 is 0 Å². The van der Waals surface area contributed by atoms with Crippen molar-refractivity contribution in [1.82, 2.24) is 25.5 Å². The van der Waals surface area contributed by atoms with Gasteiger partial charge in [-0.1, -0.05) is 11.6 Å². The smallest absolute Gasteiger partial charge is 0.168 e. The molecule has 0 bridgehead atoms. The molecule has 16 heavy (non-hydrogen) atoms. The molecule has 1 N–H and O–H groups in total. The summed E-state index contributed by atoms with van der Waals surface area (Å²) in [5, 5.41) is 14.8. The quantitative estimate of drug-likeness (QED) is 0.906. The highest BCUT2D eigenvalue weighted by molar-refractivity contribution is 7.16. The van der Waals surface area contributed by atoms with Crippen LogP contribution < -0.4 is 5.32 Å². The van der Waals surface area contributed by atoms with Gasteiger partial charge in [0.1, 0.15) is 0 Å². The lowest BCUT2D eigenvalue weighted by atomic mass is 10.3. The molecule has 0 saturated carbocycles. The van der Waals surface area contributed by atoms with Crippen LogP contribution in [0.4, 0.5) is 0 Å². The minimum atomic E-state index is 0.130. The van der Waals surface area contributed by atoms with E-state index in [0.717, 1.165) is 15.0 Å². The second-order valence-corrected chi connectivity index (χ2v) is 5.21. The molecule has 0 radical (unpaired) electrons. The van der Waals surface area contributed by atoms with Gasteiger partial charge in [0.25, 0.3) is 0 Å². The van der Waals surface area contributed by atoms with Crippen LogP contribution in [0.3, 0.4) is 0 Å². The molecular weight excluding hydrogens is 246 g/mol. The highest BCUT2D eigenvalue weighted by atomic mass is 35.5. The summed E-state index contributed by atoms with van der Waals surface area (Å²) in [4.78, 5) is 1.14. The van der Waals surface area contributed by atoms with Gasteiger partial charge in [0.05, 0.1) is 16.9 Å². The number of halogens is 1. The fourth-order valence-electron chi connectivity index (χ4n) is 1.35. The second-order valence-electron chi connectivity index (χ2n) is 3.41. The topological polar surface area (TPSA) is 55.6 Å². The molecule has 0 aromatic carbocycles. The largest absolute Gasteiger partial charge is 0.311 e. The van der Waals surface area contributed by atoms with Gasteiger partial charge in [0.2, 0.25) is 0 Å². The van der Waals surface area contributed by atoms with Crippen molar-refractivity contribution < 1.29 is 0 Å². The molecule has 0 aliphatic rings. The van der Waals surface area contributed by atoms with Gasteiger partial charge < -0.3 is 5.32 Å². The predicted octanol–water partition coefficient (Wildman–Crippen LogP) is 1.72. The highest BCUT2D eigenvalue weighted by Crippen LogP contribution is 2.22. The lowest BCUT2D eigenvalue weighted by Crippen LogP contribution is -2.18. The van der Waals surface area contributed by atoms with Gasteiger partial charge in [0, 0.05) is 4.88 Å². The number of aromatic nitrogens is 4. The van der Waals surface area contributed by atoms with Crippen molar-refractivity contribution in [3.63, 3.8) is 0 Å². The van der Waals surface area contributed by atoms with E-state index in [2.05, 4.69) is 20.8 Å². The zero-order valence-electron chi connectivity index (χ0n) is 9.01. The lowest BCUT2D eigenvalue weighted by molar-refractivity contribution is 0.542. The fraction of sp³-hybridized carbons (Fsp3) is 0.444. The van der Waals surface area contributed by atoms with Crippen molar-refractivity contribution in [2.45, 2.75) is 19.5 Å². The van der Waals surface area contributed by atoms with Gasteiger partial charge in [-0.2, -0.15) is 0 Å². The maximum Gasteiger partial charge on any atom is 0.168 e. The first-order chi connectivity index (χ1) is 7.70. The summed E-state index contributed by atoms with van der Waals surface area (Å²) in [7, 11) is 1.88. The Bertz CT molecular complexity index is 466. The van der Waals surface area contributed by atoms with E-state index < -0.39 is 0 Å². The Balaban J connectivity index is 2.18. The summed E-state index contributed by atoms with van der Waals surface area (Å²) in [5.74, 6) is 0.826. The third-order valence-electron chi connectivity index (χ3n) is 2.31. The first-order valence-electron chi connectivity index (χ1n) is 4.88. The Kier molecular flexibility index (Phi) is 3.52. The fourth-order valence-corrected chi connectivity index (χ4v) is 2.42. The molecule has 0 fully saturated rings. The number of rotatable bonds is 4. The van der Waals surface area contributed by atoms with E-state index in [-0.39, 0.29) is 6.04 Å². The molecule has 2 aromatic rings. The van der Waals surface area contributed by atoms with E-state index in [0.29, 0.717) is 6.54 Å². The molecule has 0 spiro atoms. The summed E-state index contributed by atoms with van der Waals surface area (Å²) in [6.07, 6.45) is 0. The SMILES string of the molecule is CNC(C)c1nnnn1Cc1ccc(Cl)s1. The van der Waals surface area contributed by atoms with Crippen molar-refractivity contribution in [3.05, 3.63) is 27.2 Å². The molecule has 2 heterocycles.